The zero-order valence-corrected chi connectivity index (χ0v) is 14.1. The number of amides is 1. The average molecular weight is 336 g/mol. The molecular weight excluding hydrogens is 319 g/mol. The minimum absolute atomic E-state index is 0.0144. The molecule has 0 unspecified atom stereocenters. The third-order valence-electron chi connectivity index (χ3n) is 2.26. The van der Waals surface area contributed by atoms with Crippen molar-refractivity contribution in [3.8, 4) is 0 Å². The van der Waals surface area contributed by atoms with Crippen molar-refractivity contribution >= 4 is 46.5 Å². The van der Waals surface area contributed by atoms with Gasteiger partial charge in [-0.25, -0.2) is 0 Å². The minimum atomic E-state index is -1.78. The second-order valence-corrected chi connectivity index (χ2v) is 7.73. The maximum atomic E-state index is 12.1. The van der Waals surface area contributed by atoms with Crippen molar-refractivity contribution in [1.82, 2.24) is 5.32 Å². The van der Waals surface area contributed by atoms with Gasteiger partial charge in [-0.1, -0.05) is 52.5 Å². The summed E-state index contributed by atoms with van der Waals surface area (Å²) in [6, 6.07) is 7.09. The molecule has 1 aromatic rings. The maximum Gasteiger partial charge on any atom is 0.256 e. The Kier molecular flexibility index (Phi) is 5.47. The molecule has 0 aliphatic carbocycles. The highest BCUT2D eigenvalue weighted by Crippen LogP contribution is 2.28. The Balaban J connectivity index is 3.00. The fraction of sp³-hybridized carbons (Fsp3) is 0.429. The van der Waals surface area contributed by atoms with Crippen LogP contribution >= 0.6 is 34.8 Å². The van der Waals surface area contributed by atoms with Gasteiger partial charge in [-0.2, -0.15) is 0 Å². The highest BCUT2D eigenvalue weighted by Gasteiger charge is 2.31. The average Bonchev–Trinajstić information content (AvgIpc) is 2.25. The van der Waals surface area contributed by atoms with E-state index in [1.165, 1.54) is 0 Å². The summed E-state index contributed by atoms with van der Waals surface area (Å²) >= 11 is 17.5. The molecule has 0 atom stereocenters. The summed E-state index contributed by atoms with van der Waals surface area (Å²) in [6.45, 7) is 7.49. The Labute approximate surface area is 134 Å². The van der Waals surface area contributed by atoms with Gasteiger partial charge < -0.3 is 5.32 Å². The van der Waals surface area contributed by atoms with Gasteiger partial charge in [0.2, 0.25) is 3.79 Å². The predicted molar refractivity (Wildman–Crippen MR) is 86.1 cm³/mol. The first kappa shape index (κ1) is 17.3. The summed E-state index contributed by atoms with van der Waals surface area (Å²) in [6.07, 6.45) is 0. The number of aliphatic imine (C=N–C) groups is 1. The van der Waals surface area contributed by atoms with Gasteiger partial charge in [-0.3, -0.25) is 9.79 Å². The van der Waals surface area contributed by atoms with Crippen LogP contribution in [0.25, 0.3) is 0 Å². The summed E-state index contributed by atoms with van der Waals surface area (Å²) in [4.78, 5) is 16.4. The van der Waals surface area contributed by atoms with Crippen molar-refractivity contribution in [2.75, 3.05) is 0 Å². The summed E-state index contributed by atoms with van der Waals surface area (Å²) in [5.74, 6) is -0.347. The quantitative estimate of drug-likeness (QED) is 0.464. The zero-order chi connectivity index (χ0) is 15.6. The number of hydrogen-bond acceptors (Lipinski definition) is 2. The number of aryl methyl sites for hydroxylation is 1. The summed E-state index contributed by atoms with van der Waals surface area (Å²) in [5, 5.41) is 2.56. The first-order valence-corrected chi connectivity index (χ1v) is 7.17. The highest BCUT2D eigenvalue weighted by molar-refractivity contribution is 6.77. The molecule has 0 bridgehead atoms. The number of hydrogen-bond donors (Lipinski definition) is 1. The lowest BCUT2D eigenvalue weighted by Gasteiger charge is -2.21. The summed E-state index contributed by atoms with van der Waals surface area (Å²) in [7, 11) is 0. The molecule has 0 radical (unpaired) electrons. The van der Waals surface area contributed by atoms with E-state index in [-0.39, 0.29) is 11.7 Å². The summed E-state index contributed by atoms with van der Waals surface area (Å²) < 4.78 is -1.78. The largest absolute Gasteiger partial charge is 0.307 e. The van der Waals surface area contributed by atoms with Crippen molar-refractivity contribution in [2.45, 2.75) is 37.0 Å². The molecular formula is C14H17Cl3N2O. The van der Waals surface area contributed by atoms with Crippen molar-refractivity contribution < 1.29 is 4.79 Å². The van der Waals surface area contributed by atoms with E-state index in [4.69, 9.17) is 34.8 Å². The fourth-order valence-electron chi connectivity index (χ4n) is 1.38. The van der Waals surface area contributed by atoms with Crippen molar-refractivity contribution in [2.24, 2.45) is 4.99 Å². The Bertz CT molecular complexity index is 511. The van der Waals surface area contributed by atoms with Crippen LogP contribution in [0.15, 0.2) is 29.3 Å². The molecule has 1 N–H and O–H groups in total. The normalized spacial score (nSPS) is 13.2. The third kappa shape index (κ3) is 5.70. The van der Waals surface area contributed by atoms with Crippen LogP contribution in [0.4, 0.5) is 0 Å². The fourth-order valence-corrected chi connectivity index (χ4v) is 1.65. The number of carbonyl (C=O) groups excluding carboxylic acids is 1. The van der Waals surface area contributed by atoms with E-state index in [0.717, 1.165) is 5.56 Å². The smallest absolute Gasteiger partial charge is 0.256 e. The molecule has 0 aromatic heterocycles. The van der Waals surface area contributed by atoms with E-state index < -0.39 is 9.33 Å². The lowest BCUT2D eigenvalue weighted by molar-refractivity contribution is 0.0976. The lowest BCUT2D eigenvalue weighted by Crippen LogP contribution is -2.41. The predicted octanol–water partition coefficient (Wildman–Crippen LogP) is 4.29. The first-order valence-electron chi connectivity index (χ1n) is 6.04. The molecule has 0 aliphatic rings. The molecule has 6 heteroatoms. The first-order chi connectivity index (χ1) is 8.99. The van der Waals surface area contributed by atoms with Crippen LogP contribution in [0.1, 0.15) is 36.7 Å². The maximum absolute atomic E-state index is 12.1. The third-order valence-corrected chi connectivity index (χ3v) is 2.80. The minimum Gasteiger partial charge on any atom is -0.307 e. The van der Waals surface area contributed by atoms with Gasteiger partial charge in [0.15, 0.2) is 5.84 Å². The number of amidine groups is 1. The zero-order valence-electron chi connectivity index (χ0n) is 11.8. The van der Waals surface area contributed by atoms with Gasteiger partial charge in [0, 0.05) is 5.56 Å². The van der Waals surface area contributed by atoms with Crippen molar-refractivity contribution in [3.63, 3.8) is 0 Å². The molecule has 0 heterocycles. The van der Waals surface area contributed by atoms with Crippen LogP contribution < -0.4 is 5.32 Å². The Morgan fingerprint density at radius 1 is 1.10 bits per heavy atom. The topological polar surface area (TPSA) is 41.5 Å². The van der Waals surface area contributed by atoms with E-state index in [9.17, 15) is 4.79 Å². The number of carbonyl (C=O) groups is 1. The number of halogens is 3. The van der Waals surface area contributed by atoms with Crippen LogP contribution in [0.5, 0.6) is 0 Å². The van der Waals surface area contributed by atoms with E-state index in [0.29, 0.717) is 5.56 Å². The van der Waals surface area contributed by atoms with E-state index in [1.54, 1.807) is 12.1 Å². The molecule has 20 heavy (non-hydrogen) atoms. The molecule has 1 aromatic carbocycles. The monoisotopic (exact) mass is 334 g/mol. The molecule has 1 amide bonds. The van der Waals surface area contributed by atoms with Crippen LogP contribution in [-0.2, 0) is 0 Å². The SMILES string of the molecule is Cc1ccc(C(=O)NC(=NC(C)(C)C)C(Cl)(Cl)Cl)cc1. The van der Waals surface area contributed by atoms with Gasteiger partial charge in [-0.15, -0.1) is 0 Å². The van der Waals surface area contributed by atoms with Crippen LogP contribution in [0.3, 0.4) is 0 Å². The van der Waals surface area contributed by atoms with Gasteiger partial charge in [0.25, 0.3) is 5.91 Å². The molecule has 0 aliphatic heterocycles. The lowest BCUT2D eigenvalue weighted by atomic mass is 10.1. The highest BCUT2D eigenvalue weighted by atomic mass is 35.6. The van der Waals surface area contributed by atoms with Gasteiger partial charge in [0.1, 0.15) is 0 Å². The molecule has 3 nitrogen and oxygen atoms in total. The van der Waals surface area contributed by atoms with Crippen LogP contribution in [0.2, 0.25) is 0 Å². The standard InChI is InChI=1S/C14H17Cl3N2O/c1-9-5-7-10(8-6-9)11(20)18-12(14(15,16)17)19-13(2,3)4/h5-8H,1-4H3,(H,18,19,20). The molecule has 1 rings (SSSR count). The Hall–Kier alpha value is -0.770. The van der Waals surface area contributed by atoms with Gasteiger partial charge in [0.05, 0.1) is 5.54 Å². The summed E-state index contributed by atoms with van der Waals surface area (Å²) in [5.41, 5.74) is 1.07. The molecule has 0 spiro atoms. The van der Waals surface area contributed by atoms with Gasteiger partial charge in [-0.05, 0) is 39.8 Å². The second kappa shape index (κ2) is 6.33. The number of rotatable bonds is 1. The number of nitrogens with one attached hydrogen (secondary N) is 1. The molecule has 0 saturated heterocycles. The van der Waals surface area contributed by atoms with E-state index >= 15 is 0 Å². The van der Waals surface area contributed by atoms with Gasteiger partial charge >= 0.3 is 0 Å². The molecule has 0 saturated carbocycles. The van der Waals surface area contributed by atoms with Crippen LogP contribution in [-0.4, -0.2) is 21.1 Å². The molecule has 110 valence electrons. The number of alkyl halides is 3. The number of benzene rings is 1. The number of nitrogens with zero attached hydrogens (tertiary/aromatic N) is 1. The van der Waals surface area contributed by atoms with E-state index in [2.05, 4.69) is 10.3 Å². The Morgan fingerprint density at radius 2 is 1.60 bits per heavy atom. The van der Waals surface area contributed by atoms with Crippen molar-refractivity contribution in [1.29, 1.82) is 0 Å². The van der Waals surface area contributed by atoms with Crippen LogP contribution in [0, 0.1) is 6.92 Å². The van der Waals surface area contributed by atoms with E-state index in [1.807, 2.05) is 39.8 Å². The van der Waals surface area contributed by atoms with Crippen molar-refractivity contribution in [3.05, 3.63) is 35.4 Å². The molecule has 0 fully saturated rings. The second-order valence-electron chi connectivity index (χ2n) is 5.45. The Morgan fingerprint density at radius 3 is 2.00 bits per heavy atom.